The molecule has 21 heavy (non-hydrogen) atoms. The molecule has 4 nitrogen and oxygen atoms in total. The molecule has 116 valence electrons. The van der Waals surface area contributed by atoms with Crippen LogP contribution in [0, 0.1) is 11.8 Å². The molecule has 0 aliphatic heterocycles. The molecule has 1 aliphatic carbocycles. The zero-order valence-electron chi connectivity index (χ0n) is 11.4. The van der Waals surface area contributed by atoms with Crippen molar-refractivity contribution in [3.05, 3.63) is 23.9 Å². The van der Waals surface area contributed by atoms with Gasteiger partial charge in [-0.1, -0.05) is 18.9 Å². The minimum Gasteiger partial charge on any atom is -0.481 e. The molecular formula is C14H17F3N2O2. The molecule has 1 aromatic rings. The van der Waals surface area contributed by atoms with Crippen LogP contribution in [0.3, 0.4) is 0 Å². The maximum atomic E-state index is 12.6. The monoisotopic (exact) mass is 302 g/mol. The van der Waals surface area contributed by atoms with Gasteiger partial charge in [0.25, 0.3) is 0 Å². The van der Waals surface area contributed by atoms with Gasteiger partial charge in [0, 0.05) is 6.54 Å². The topological polar surface area (TPSA) is 62.2 Å². The van der Waals surface area contributed by atoms with E-state index in [1.807, 2.05) is 0 Å². The van der Waals surface area contributed by atoms with Crippen molar-refractivity contribution in [3.63, 3.8) is 0 Å². The summed E-state index contributed by atoms with van der Waals surface area (Å²) in [5, 5.41) is 12.0. The molecule has 0 spiro atoms. The van der Waals surface area contributed by atoms with E-state index in [1.165, 1.54) is 12.1 Å². The lowest BCUT2D eigenvalue weighted by Crippen LogP contribution is -2.32. The molecule has 0 amide bonds. The van der Waals surface area contributed by atoms with E-state index in [0.717, 1.165) is 25.3 Å². The molecule has 1 heterocycles. The summed E-state index contributed by atoms with van der Waals surface area (Å²) in [5.74, 6) is -1.22. The van der Waals surface area contributed by atoms with Gasteiger partial charge >= 0.3 is 12.1 Å². The fourth-order valence-corrected chi connectivity index (χ4v) is 2.70. The fraction of sp³-hybridized carbons (Fsp3) is 0.571. The number of nitrogens with zero attached hydrogens (tertiary/aromatic N) is 1. The number of nitrogens with one attached hydrogen (secondary N) is 1. The minimum absolute atomic E-state index is 0.0763. The summed E-state index contributed by atoms with van der Waals surface area (Å²) in [6.45, 7) is 0.325. The van der Waals surface area contributed by atoms with Crippen molar-refractivity contribution >= 4 is 11.8 Å². The number of hydrogen-bond donors (Lipinski definition) is 2. The molecule has 7 heteroatoms. The van der Waals surface area contributed by atoms with Gasteiger partial charge in [-0.25, -0.2) is 4.98 Å². The number of halogens is 3. The van der Waals surface area contributed by atoms with E-state index in [9.17, 15) is 18.0 Å². The summed E-state index contributed by atoms with van der Waals surface area (Å²) in [7, 11) is 0. The number of carbonyl (C=O) groups is 1. The third-order valence-corrected chi connectivity index (χ3v) is 3.81. The number of rotatable bonds is 4. The number of carboxylic acids is 1. The Morgan fingerprint density at radius 1 is 1.33 bits per heavy atom. The number of carboxylic acid groups (broad SMARTS) is 1. The number of pyridine rings is 1. The van der Waals surface area contributed by atoms with Gasteiger partial charge in [0.05, 0.1) is 5.92 Å². The molecule has 2 unspecified atom stereocenters. The van der Waals surface area contributed by atoms with Crippen molar-refractivity contribution < 1.29 is 23.1 Å². The third-order valence-electron chi connectivity index (χ3n) is 3.81. The summed E-state index contributed by atoms with van der Waals surface area (Å²) in [4.78, 5) is 14.7. The lowest BCUT2D eigenvalue weighted by atomic mass is 9.79. The molecule has 0 radical (unpaired) electrons. The van der Waals surface area contributed by atoms with Crippen LogP contribution >= 0.6 is 0 Å². The predicted octanol–water partition coefficient (Wildman–Crippen LogP) is 3.40. The van der Waals surface area contributed by atoms with Crippen LogP contribution in [-0.2, 0) is 11.0 Å². The van der Waals surface area contributed by atoms with Crippen molar-refractivity contribution in [3.8, 4) is 0 Å². The summed E-state index contributed by atoms with van der Waals surface area (Å²) in [6, 6.07) is 3.65. The molecule has 2 rings (SSSR count). The van der Waals surface area contributed by atoms with Crippen LogP contribution in [0.2, 0.25) is 0 Å². The summed E-state index contributed by atoms with van der Waals surface area (Å²) in [5.41, 5.74) is -0.953. The zero-order chi connectivity index (χ0) is 15.5. The Hall–Kier alpha value is -1.79. The average Bonchev–Trinajstić information content (AvgIpc) is 2.45. The van der Waals surface area contributed by atoms with E-state index < -0.39 is 23.8 Å². The Labute approximate surface area is 120 Å². The SMILES string of the molecule is O=C(O)C1CCCCC1CNc1cccc(C(F)(F)F)n1. The largest absolute Gasteiger partial charge is 0.481 e. The van der Waals surface area contributed by atoms with Crippen LogP contribution in [0.5, 0.6) is 0 Å². The van der Waals surface area contributed by atoms with E-state index >= 15 is 0 Å². The second kappa shape index (κ2) is 6.32. The first-order valence-corrected chi connectivity index (χ1v) is 6.89. The maximum absolute atomic E-state index is 12.6. The van der Waals surface area contributed by atoms with E-state index in [4.69, 9.17) is 5.11 Å². The lowest BCUT2D eigenvalue weighted by Gasteiger charge is -2.28. The second-order valence-electron chi connectivity index (χ2n) is 5.28. The molecular weight excluding hydrogens is 285 g/mol. The first-order chi connectivity index (χ1) is 9.88. The number of hydrogen-bond acceptors (Lipinski definition) is 3. The lowest BCUT2D eigenvalue weighted by molar-refractivity contribution is -0.144. The summed E-state index contributed by atoms with van der Waals surface area (Å²) < 4.78 is 37.7. The molecule has 2 N–H and O–H groups in total. The van der Waals surface area contributed by atoms with Crippen molar-refractivity contribution in [2.45, 2.75) is 31.9 Å². The highest BCUT2D eigenvalue weighted by Crippen LogP contribution is 2.31. The molecule has 2 atom stereocenters. The molecule has 0 bridgehead atoms. The third kappa shape index (κ3) is 4.09. The van der Waals surface area contributed by atoms with E-state index in [0.29, 0.717) is 13.0 Å². The maximum Gasteiger partial charge on any atom is 0.433 e. The predicted molar refractivity (Wildman–Crippen MR) is 70.8 cm³/mol. The highest BCUT2D eigenvalue weighted by molar-refractivity contribution is 5.70. The Balaban J connectivity index is 2.00. The van der Waals surface area contributed by atoms with Crippen LogP contribution in [0.1, 0.15) is 31.4 Å². The minimum atomic E-state index is -4.48. The van der Waals surface area contributed by atoms with Gasteiger partial charge in [-0.3, -0.25) is 4.79 Å². The Bertz CT molecular complexity index is 505. The Morgan fingerprint density at radius 3 is 2.71 bits per heavy atom. The van der Waals surface area contributed by atoms with Crippen LogP contribution in [0.25, 0.3) is 0 Å². The van der Waals surface area contributed by atoms with Crippen LogP contribution in [0.15, 0.2) is 18.2 Å². The van der Waals surface area contributed by atoms with Crippen LogP contribution < -0.4 is 5.32 Å². The quantitative estimate of drug-likeness (QED) is 0.895. The Kier molecular flexibility index (Phi) is 4.69. The first kappa shape index (κ1) is 15.6. The van der Waals surface area contributed by atoms with E-state index in [1.54, 1.807) is 0 Å². The van der Waals surface area contributed by atoms with Gasteiger partial charge in [-0.05, 0) is 30.9 Å². The van der Waals surface area contributed by atoms with Gasteiger partial charge in [0.15, 0.2) is 0 Å². The zero-order valence-corrected chi connectivity index (χ0v) is 11.4. The number of aromatic nitrogens is 1. The van der Waals surface area contributed by atoms with Gasteiger partial charge < -0.3 is 10.4 Å². The van der Waals surface area contributed by atoms with Crippen molar-refractivity contribution in [2.75, 3.05) is 11.9 Å². The van der Waals surface area contributed by atoms with Crippen molar-refractivity contribution in [1.29, 1.82) is 0 Å². The first-order valence-electron chi connectivity index (χ1n) is 6.89. The van der Waals surface area contributed by atoms with Crippen LogP contribution in [0.4, 0.5) is 19.0 Å². The summed E-state index contributed by atoms with van der Waals surface area (Å²) >= 11 is 0. The number of anilines is 1. The van der Waals surface area contributed by atoms with Crippen molar-refractivity contribution in [2.24, 2.45) is 11.8 Å². The number of alkyl halides is 3. The normalized spacial score (nSPS) is 22.8. The van der Waals surface area contributed by atoms with E-state index in [-0.39, 0.29) is 11.7 Å². The van der Waals surface area contributed by atoms with Crippen molar-refractivity contribution in [1.82, 2.24) is 4.98 Å². The molecule has 1 aromatic heterocycles. The van der Waals surface area contributed by atoms with E-state index in [2.05, 4.69) is 10.3 Å². The molecule has 1 aliphatic rings. The summed E-state index contributed by atoms with van der Waals surface area (Å²) in [6.07, 6.45) is -1.26. The fourth-order valence-electron chi connectivity index (χ4n) is 2.70. The standard InChI is InChI=1S/C14H17F3N2O2/c15-14(16,17)11-6-3-7-12(19-11)18-8-9-4-1-2-5-10(9)13(20)21/h3,6-7,9-10H,1-2,4-5,8H2,(H,18,19)(H,20,21). The van der Waals surface area contributed by atoms with Gasteiger partial charge in [0.1, 0.15) is 11.5 Å². The molecule has 1 saturated carbocycles. The molecule has 0 aromatic carbocycles. The highest BCUT2D eigenvalue weighted by Gasteiger charge is 2.33. The average molecular weight is 302 g/mol. The van der Waals surface area contributed by atoms with Crippen LogP contribution in [-0.4, -0.2) is 22.6 Å². The second-order valence-corrected chi connectivity index (χ2v) is 5.28. The van der Waals surface area contributed by atoms with Gasteiger partial charge in [0.2, 0.25) is 0 Å². The van der Waals surface area contributed by atoms with Gasteiger partial charge in [-0.2, -0.15) is 13.2 Å². The Morgan fingerprint density at radius 2 is 2.05 bits per heavy atom. The number of aliphatic carboxylic acids is 1. The smallest absolute Gasteiger partial charge is 0.433 e. The molecule has 1 fully saturated rings. The highest BCUT2D eigenvalue weighted by atomic mass is 19.4. The molecule has 0 saturated heterocycles. The van der Waals surface area contributed by atoms with Gasteiger partial charge in [-0.15, -0.1) is 0 Å².